The maximum atomic E-state index is 2.69. The lowest BCUT2D eigenvalue weighted by Gasteiger charge is -2.44. The summed E-state index contributed by atoms with van der Waals surface area (Å²) in [6.45, 7) is 11.3. The summed E-state index contributed by atoms with van der Waals surface area (Å²) in [5.74, 6) is 2.81. The third-order valence-corrected chi connectivity index (χ3v) is 4.03. The highest BCUT2D eigenvalue weighted by Crippen LogP contribution is 2.30. The Kier molecular flexibility index (Phi) is 3.68. The van der Waals surface area contributed by atoms with Crippen LogP contribution in [0, 0.1) is 17.8 Å². The standard InChI is InChI=1S/C13H26N2/c1-11(2)8-15-7-5-12-4-6-14(3)9-13(12)10-15/h11-13H,4-10H2,1-3H3. The molecule has 15 heavy (non-hydrogen) atoms. The monoisotopic (exact) mass is 210 g/mol. The van der Waals surface area contributed by atoms with Crippen LogP contribution in [0.1, 0.15) is 26.7 Å². The number of likely N-dealkylation sites (tertiary alicyclic amines) is 2. The minimum Gasteiger partial charge on any atom is -0.306 e. The Hall–Kier alpha value is -0.0800. The smallest absolute Gasteiger partial charge is 0.00247 e. The zero-order chi connectivity index (χ0) is 10.8. The molecule has 2 aliphatic rings. The van der Waals surface area contributed by atoms with Gasteiger partial charge in [-0.05, 0) is 50.7 Å². The Bertz CT molecular complexity index is 203. The van der Waals surface area contributed by atoms with E-state index in [1.807, 2.05) is 0 Å². The van der Waals surface area contributed by atoms with Gasteiger partial charge in [0.2, 0.25) is 0 Å². The van der Waals surface area contributed by atoms with Gasteiger partial charge >= 0.3 is 0 Å². The molecule has 2 rings (SSSR count). The zero-order valence-corrected chi connectivity index (χ0v) is 10.6. The van der Waals surface area contributed by atoms with Gasteiger partial charge in [0, 0.05) is 19.6 Å². The molecule has 0 aliphatic carbocycles. The summed E-state index contributed by atoms with van der Waals surface area (Å²) in [5.41, 5.74) is 0. The molecule has 2 nitrogen and oxygen atoms in total. The normalized spacial score (nSPS) is 34.4. The molecule has 0 amide bonds. The first-order valence-corrected chi connectivity index (χ1v) is 6.56. The van der Waals surface area contributed by atoms with Crippen molar-refractivity contribution in [1.82, 2.24) is 9.80 Å². The van der Waals surface area contributed by atoms with Crippen LogP contribution in [0.3, 0.4) is 0 Å². The van der Waals surface area contributed by atoms with Crippen LogP contribution in [0.15, 0.2) is 0 Å². The van der Waals surface area contributed by atoms with Crippen LogP contribution in [0.5, 0.6) is 0 Å². The van der Waals surface area contributed by atoms with Crippen molar-refractivity contribution < 1.29 is 0 Å². The summed E-state index contributed by atoms with van der Waals surface area (Å²) in [4.78, 5) is 5.20. The van der Waals surface area contributed by atoms with E-state index < -0.39 is 0 Å². The molecule has 2 atom stereocenters. The maximum absolute atomic E-state index is 2.69. The van der Waals surface area contributed by atoms with E-state index in [0.717, 1.165) is 17.8 Å². The van der Waals surface area contributed by atoms with Gasteiger partial charge in [-0.3, -0.25) is 0 Å². The van der Waals surface area contributed by atoms with Gasteiger partial charge in [0.15, 0.2) is 0 Å². The van der Waals surface area contributed by atoms with Gasteiger partial charge in [-0.15, -0.1) is 0 Å². The molecule has 0 N–H and O–H groups in total. The topological polar surface area (TPSA) is 6.48 Å². The average Bonchev–Trinajstić information content (AvgIpc) is 2.16. The Morgan fingerprint density at radius 3 is 2.53 bits per heavy atom. The predicted octanol–water partition coefficient (Wildman–Crippen LogP) is 1.92. The van der Waals surface area contributed by atoms with Crippen molar-refractivity contribution in [2.24, 2.45) is 17.8 Å². The molecule has 0 saturated carbocycles. The van der Waals surface area contributed by atoms with Crippen molar-refractivity contribution in [2.45, 2.75) is 26.7 Å². The van der Waals surface area contributed by atoms with Crippen molar-refractivity contribution >= 4 is 0 Å². The predicted molar refractivity (Wildman–Crippen MR) is 65.0 cm³/mol. The van der Waals surface area contributed by atoms with Crippen LogP contribution in [-0.2, 0) is 0 Å². The van der Waals surface area contributed by atoms with E-state index >= 15 is 0 Å². The molecule has 2 unspecified atom stereocenters. The Morgan fingerprint density at radius 1 is 1.07 bits per heavy atom. The SMILES string of the molecule is CC(C)CN1CCC2CCN(C)CC2C1. The second-order valence-electron chi connectivity index (χ2n) is 6.01. The first-order valence-electron chi connectivity index (χ1n) is 6.56. The van der Waals surface area contributed by atoms with Crippen LogP contribution in [0.4, 0.5) is 0 Å². The van der Waals surface area contributed by atoms with Gasteiger partial charge in [-0.25, -0.2) is 0 Å². The van der Waals surface area contributed by atoms with Crippen molar-refractivity contribution in [3.8, 4) is 0 Å². The molecular formula is C13H26N2. The molecule has 0 bridgehead atoms. The van der Waals surface area contributed by atoms with Gasteiger partial charge in [0.05, 0.1) is 0 Å². The number of hydrogen-bond donors (Lipinski definition) is 0. The molecule has 0 aromatic carbocycles. The van der Waals surface area contributed by atoms with Crippen molar-refractivity contribution in [1.29, 1.82) is 0 Å². The molecule has 88 valence electrons. The van der Waals surface area contributed by atoms with Crippen LogP contribution in [-0.4, -0.2) is 49.6 Å². The van der Waals surface area contributed by atoms with Crippen LogP contribution in [0.2, 0.25) is 0 Å². The molecule has 2 saturated heterocycles. The van der Waals surface area contributed by atoms with E-state index in [1.165, 1.54) is 45.6 Å². The first kappa shape index (κ1) is 11.4. The lowest BCUT2D eigenvalue weighted by atomic mass is 9.80. The van der Waals surface area contributed by atoms with E-state index in [4.69, 9.17) is 0 Å². The largest absolute Gasteiger partial charge is 0.306 e. The minimum absolute atomic E-state index is 0.822. The van der Waals surface area contributed by atoms with Gasteiger partial charge < -0.3 is 9.80 Å². The summed E-state index contributed by atoms with van der Waals surface area (Å²) >= 11 is 0. The number of piperidine rings is 2. The molecule has 0 aromatic heterocycles. The number of fused-ring (bicyclic) bond motifs is 1. The Labute approximate surface area is 94.6 Å². The molecular weight excluding hydrogens is 184 g/mol. The summed E-state index contributed by atoms with van der Waals surface area (Å²) in [6, 6.07) is 0. The molecule has 2 fully saturated rings. The zero-order valence-electron chi connectivity index (χ0n) is 10.6. The Morgan fingerprint density at radius 2 is 1.80 bits per heavy atom. The van der Waals surface area contributed by atoms with Gasteiger partial charge in [0.1, 0.15) is 0 Å². The van der Waals surface area contributed by atoms with Crippen molar-refractivity contribution in [2.75, 3.05) is 39.8 Å². The second kappa shape index (κ2) is 4.84. The highest BCUT2D eigenvalue weighted by molar-refractivity contribution is 4.86. The van der Waals surface area contributed by atoms with E-state index in [0.29, 0.717) is 0 Å². The number of hydrogen-bond acceptors (Lipinski definition) is 2. The first-order chi connectivity index (χ1) is 7.15. The number of rotatable bonds is 2. The molecule has 2 heteroatoms. The van der Waals surface area contributed by atoms with E-state index in [1.54, 1.807) is 0 Å². The lowest BCUT2D eigenvalue weighted by molar-refractivity contribution is 0.0474. The quantitative estimate of drug-likeness (QED) is 0.687. The molecule has 0 aromatic rings. The fourth-order valence-corrected chi connectivity index (χ4v) is 3.30. The molecule has 0 spiro atoms. The maximum Gasteiger partial charge on any atom is 0.00247 e. The van der Waals surface area contributed by atoms with Crippen molar-refractivity contribution in [3.63, 3.8) is 0 Å². The van der Waals surface area contributed by atoms with Gasteiger partial charge in [0.25, 0.3) is 0 Å². The van der Waals surface area contributed by atoms with E-state index in [2.05, 4.69) is 30.7 Å². The highest BCUT2D eigenvalue weighted by Gasteiger charge is 2.32. The van der Waals surface area contributed by atoms with Crippen molar-refractivity contribution in [3.05, 3.63) is 0 Å². The molecule has 2 heterocycles. The molecule has 2 aliphatic heterocycles. The summed E-state index contributed by atoms with van der Waals surface area (Å²) in [7, 11) is 2.28. The third-order valence-electron chi connectivity index (χ3n) is 4.03. The summed E-state index contributed by atoms with van der Waals surface area (Å²) in [5, 5.41) is 0. The van der Waals surface area contributed by atoms with Gasteiger partial charge in [-0.1, -0.05) is 13.8 Å². The summed E-state index contributed by atoms with van der Waals surface area (Å²) in [6.07, 6.45) is 2.89. The Balaban J connectivity index is 1.86. The average molecular weight is 210 g/mol. The molecule has 0 radical (unpaired) electrons. The van der Waals surface area contributed by atoms with Gasteiger partial charge in [-0.2, -0.15) is 0 Å². The highest BCUT2D eigenvalue weighted by atomic mass is 15.2. The summed E-state index contributed by atoms with van der Waals surface area (Å²) < 4.78 is 0. The van der Waals surface area contributed by atoms with E-state index in [9.17, 15) is 0 Å². The fraction of sp³-hybridized carbons (Fsp3) is 1.00. The minimum atomic E-state index is 0.822. The van der Waals surface area contributed by atoms with Crippen LogP contribution in [0.25, 0.3) is 0 Å². The second-order valence-corrected chi connectivity index (χ2v) is 6.01. The van der Waals surface area contributed by atoms with E-state index in [-0.39, 0.29) is 0 Å². The number of nitrogens with zero attached hydrogens (tertiary/aromatic N) is 2. The van der Waals surface area contributed by atoms with Crippen LogP contribution < -0.4 is 0 Å². The van der Waals surface area contributed by atoms with Crippen LogP contribution >= 0.6 is 0 Å². The lowest BCUT2D eigenvalue weighted by Crippen LogP contribution is -2.49. The fourth-order valence-electron chi connectivity index (χ4n) is 3.30. The third kappa shape index (κ3) is 2.94.